The summed E-state index contributed by atoms with van der Waals surface area (Å²) in [5.74, 6) is 1.26. The predicted octanol–water partition coefficient (Wildman–Crippen LogP) is 3.42. The SMILES string of the molecule is Cc1cccc(S(=O)Cc2ccc(C(=O)NCc3ccco3)o2)c1. The standard InChI is InChI=1S/C18H17NO4S/c1-13-4-2-6-16(10-13)24(21)12-15-7-8-17(23-15)18(20)19-11-14-5-3-9-22-14/h2-10H,11-12H2,1H3,(H,19,20). The van der Waals surface area contributed by atoms with Crippen LogP contribution in [-0.4, -0.2) is 10.1 Å². The van der Waals surface area contributed by atoms with Crippen molar-refractivity contribution in [3.05, 3.63) is 77.6 Å². The Kier molecular flexibility index (Phi) is 4.96. The van der Waals surface area contributed by atoms with E-state index in [0.717, 1.165) is 10.5 Å². The Morgan fingerprint density at radius 3 is 2.75 bits per heavy atom. The van der Waals surface area contributed by atoms with Crippen molar-refractivity contribution >= 4 is 16.7 Å². The first-order valence-electron chi connectivity index (χ1n) is 7.46. The van der Waals surface area contributed by atoms with Gasteiger partial charge in [-0.3, -0.25) is 9.00 Å². The first kappa shape index (κ1) is 16.3. The Morgan fingerprint density at radius 1 is 1.12 bits per heavy atom. The molecule has 0 bridgehead atoms. The van der Waals surface area contributed by atoms with E-state index < -0.39 is 10.8 Å². The quantitative estimate of drug-likeness (QED) is 0.744. The zero-order chi connectivity index (χ0) is 16.9. The molecule has 2 aromatic heterocycles. The molecule has 24 heavy (non-hydrogen) atoms. The van der Waals surface area contributed by atoms with Gasteiger partial charge in [-0.05, 0) is 48.9 Å². The molecule has 0 aliphatic carbocycles. The van der Waals surface area contributed by atoms with E-state index in [-0.39, 0.29) is 24.0 Å². The smallest absolute Gasteiger partial charge is 0.287 e. The van der Waals surface area contributed by atoms with Crippen LogP contribution in [0.3, 0.4) is 0 Å². The van der Waals surface area contributed by atoms with Gasteiger partial charge in [-0.2, -0.15) is 0 Å². The molecule has 0 saturated carbocycles. The van der Waals surface area contributed by atoms with Crippen LogP contribution < -0.4 is 5.32 Å². The minimum atomic E-state index is -1.21. The van der Waals surface area contributed by atoms with E-state index >= 15 is 0 Å². The van der Waals surface area contributed by atoms with Crippen LogP contribution in [0.5, 0.6) is 0 Å². The molecule has 6 heteroatoms. The number of hydrogen-bond acceptors (Lipinski definition) is 4. The number of furan rings is 2. The lowest BCUT2D eigenvalue weighted by Crippen LogP contribution is -2.21. The van der Waals surface area contributed by atoms with Crippen molar-refractivity contribution in [3.63, 3.8) is 0 Å². The number of nitrogens with one attached hydrogen (secondary N) is 1. The molecule has 0 saturated heterocycles. The predicted molar refractivity (Wildman–Crippen MR) is 89.9 cm³/mol. The third kappa shape index (κ3) is 4.02. The van der Waals surface area contributed by atoms with Gasteiger partial charge >= 0.3 is 0 Å². The van der Waals surface area contributed by atoms with Crippen molar-refractivity contribution in [2.24, 2.45) is 0 Å². The van der Waals surface area contributed by atoms with Crippen LogP contribution in [-0.2, 0) is 23.1 Å². The van der Waals surface area contributed by atoms with Crippen molar-refractivity contribution in [1.82, 2.24) is 5.32 Å². The first-order chi connectivity index (χ1) is 11.6. The third-order valence-electron chi connectivity index (χ3n) is 3.41. The van der Waals surface area contributed by atoms with Gasteiger partial charge in [-0.1, -0.05) is 12.1 Å². The lowest BCUT2D eigenvalue weighted by molar-refractivity contribution is 0.0919. The average Bonchev–Trinajstić information content (AvgIpc) is 3.24. The van der Waals surface area contributed by atoms with Crippen LogP contribution in [0.15, 0.2) is 68.5 Å². The second kappa shape index (κ2) is 7.31. The van der Waals surface area contributed by atoms with Crippen LogP contribution in [0.2, 0.25) is 0 Å². The van der Waals surface area contributed by atoms with E-state index in [0.29, 0.717) is 11.5 Å². The van der Waals surface area contributed by atoms with Crippen LogP contribution in [0, 0.1) is 6.92 Å². The number of hydrogen-bond donors (Lipinski definition) is 1. The van der Waals surface area contributed by atoms with Crippen LogP contribution in [0.25, 0.3) is 0 Å². The fourth-order valence-electron chi connectivity index (χ4n) is 2.21. The largest absolute Gasteiger partial charge is 0.467 e. The molecule has 0 fully saturated rings. The molecule has 0 aliphatic rings. The van der Waals surface area contributed by atoms with Gasteiger partial charge in [0.1, 0.15) is 11.5 Å². The van der Waals surface area contributed by atoms with Crippen LogP contribution in [0.1, 0.15) is 27.6 Å². The highest BCUT2D eigenvalue weighted by molar-refractivity contribution is 7.84. The lowest BCUT2D eigenvalue weighted by atomic mass is 10.2. The van der Waals surface area contributed by atoms with E-state index in [1.54, 1.807) is 30.5 Å². The van der Waals surface area contributed by atoms with Crippen molar-refractivity contribution < 1.29 is 17.8 Å². The lowest BCUT2D eigenvalue weighted by Gasteiger charge is -2.02. The van der Waals surface area contributed by atoms with E-state index in [9.17, 15) is 9.00 Å². The number of amides is 1. The maximum atomic E-state index is 12.4. The molecule has 1 atom stereocenters. The molecule has 1 unspecified atom stereocenters. The molecule has 0 radical (unpaired) electrons. The van der Waals surface area contributed by atoms with E-state index in [1.807, 2.05) is 31.2 Å². The molecule has 124 valence electrons. The fraction of sp³-hybridized carbons (Fsp3) is 0.167. The molecule has 3 aromatic rings. The van der Waals surface area contributed by atoms with E-state index in [4.69, 9.17) is 8.83 Å². The summed E-state index contributed by atoms with van der Waals surface area (Å²) >= 11 is 0. The van der Waals surface area contributed by atoms with Crippen LogP contribution >= 0.6 is 0 Å². The topological polar surface area (TPSA) is 72.5 Å². The number of aryl methyl sites for hydroxylation is 1. The monoisotopic (exact) mass is 343 g/mol. The van der Waals surface area contributed by atoms with Gasteiger partial charge < -0.3 is 14.2 Å². The molecule has 1 amide bonds. The maximum absolute atomic E-state index is 12.4. The van der Waals surface area contributed by atoms with Gasteiger partial charge in [0.05, 0.1) is 29.4 Å². The normalized spacial score (nSPS) is 12.0. The summed E-state index contributed by atoms with van der Waals surface area (Å²) in [6, 6.07) is 14.3. The highest BCUT2D eigenvalue weighted by atomic mass is 32.2. The fourth-order valence-corrected chi connectivity index (χ4v) is 3.34. The average molecular weight is 343 g/mol. The summed E-state index contributed by atoms with van der Waals surface area (Å²) in [5, 5.41) is 2.70. The minimum absolute atomic E-state index is 0.192. The summed E-state index contributed by atoms with van der Waals surface area (Å²) in [6.07, 6.45) is 1.55. The molecular formula is C18H17NO4S. The summed E-state index contributed by atoms with van der Waals surface area (Å²) < 4.78 is 23.0. The molecule has 0 aliphatic heterocycles. The molecule has 3 rings (SSSR count). The van der Waals surface area contributed by atoms with Gasteiger partial charge in [0.25, 0.3) is 5.91 Å². The summed E-state index contributed by atoms with van der Waals surface area (Å²) in [7, 11) is -1.21. The Balaban J connectivity index is 1.60. The van der Waals surface area contributed by atoms with E-state index in [2.05, 4.69) is 5.32 Å². The van der Waals surface area contributed by atoms with E-state index in [1.165, 1.54) is 0 Å². The Labute approximate surface area is 142 Å². The number of carbonyl (C=O) groups excluding carboxylic acids is 1. The molecular weight excluding hydrogens is 326 g/mol. The molecule has 1 N–H and O–H groups in total. The zero-order valence-corrected chi connectivity index (χ0v) is 14.0. The third-order valence-corrected chi connectivity index (χ3v) is 4.74. The minimum Gasteiger partial charge on any atom is -0.467 e. The van der Waals surface area contributed by atoms with Gasteiger partial charge in [0.2, 0.25) is 0 Å². The highest BCUT2D eigenvalue weighted by Crippen LogP contribution is 2.16. The Hall–Kier alpha value is -2.60. The van der Waals surface area contributed by atoms with Gasteiger partial charge in [0, 0.05) is 4.90 Å². The van der Waals surface area contributed by atoms with Crippen molar-refractivity contribution in [2.75, 3.05) is 0 Å². The Bertz CT molecular complexity index is 852. The summed E-state index contributed by atoms with van der Waals surface area (Å²) in [4.78, 5) is 12.8. The molecule has 2 heterocycles. The van der Waals surface area contributed by atoms with Gasteiger partial charge in [-0.25, -0.2) is 0 Å². The maximum Gasteiger partial charge on any atom is 0.287 e. The van der Waals surface area contributed by atoms with Gasteiger partial charge in [0.15, 0.2) is 5.76 Å². The first-order valence-corrected chi connectivity index (χ1v) is 8.78. The molecule has 5 nitrogen and oxygen atoms in total. The number of rotatable bonds is 6. The zero-order valence-electron chi connectivity index (χ0n) is 13.2. The summed E-state index contributed by atoms with van der Waals surface area (Å²) in [6.45, 7) is 2.24. The van der Waals surface area contributed by atoms with Crippen molar-refractivity contribution in [3.8, 4) is 0 Å². The van der Waals surface area contributed by atoms with Crippen molar-refractivity contribution in [2.45, 2.75) is 24.1 Å². The number of benzene rings is 1. The second-order valence-corrected chi connectivity index (χ2v) is 6.79. The molecule has 1 aromatic carbocycles. The van der Waals surface area contributed by atoms with Crippen LogP contribution in [0.4, 0.5) is 0 Å². The van der Waals surface area contributed by atoms with Gasteiger partial charge in [-0.15, -0.1) is 0 Å². The second-order valence-electron chi connectivity index (χ2n) is 5.33. The molecule has 0 spiro atoms. The highest BCUT2D eigenvalue weighted by Gasteiger charge is 2.14. The number of carbonyl (C=O) groups is 1. The summed E-state index contributed by atoms with van der Waals surface area (Å²) in [5.41, 5.74) is 1.05. The Morgan fingerprint density at radius 2 is 2.00 bits per heavy atom. The van der Waals surface area contributed by atoms with Crippen molar-refractivity contribution in [1.29, 1.82) is 0 Å².